The van der Waals surface area contributed by atoms with Crippen molar-refractivity contribution in [1.82, 2.24) is 5.32 Å². The van der Waals surface area contributed by atoms with E-state index in [0.29, 0.717) is 21.5 Å². The van der Waals surface area contributed by atoms with Gasteiger partial charge in [0.1, 0.15) is 23.0 Å². The smallest absolute Gasteiger partial charge is 0.133 e. The Bertz CT molecular complexity index is 954. The average Bonchev–Trinajstić information content (AvgIpc) is 3.44. The van der Waals surface area contributed by atoms with Gasteiger partial charge in [-0.15, -0.1) is 0 Å². The van der Waals surface area contributed by atoms with E-state index in [0.717, 1.165) is 29.2 Å². The minimum Gasteiger partial charge on any atom is -0.457 e. The van der Waals surface area contributed by atoms with E-state index in [1.165, 1.54) is 0 Å². The van der Waals surface area contributed by atoms with Crippen LogP contribution in [0.1, 0.15) is 17.2 Å². The normalized spacial score (nSPS) is 15.6. The fraction of sp³-hybridized carbons (Fsp3) is 0.143. The van der Waals surface area contributed by atoms with E-state index in [9.17, 15) is 0 Å². The molecule has 1 N–H and O–H groups in total. The number of hydrogen-bond donors (Lipinski definition) is 1. The Kier molecular flexibility index (Phi) is 4.77. The van der Waals surface area contributed by atoms with Crippen molar-refractivity contribution in [3.63, 3.8) is 0 Å². The molecule has 1 aliphatic rings. The summed E-state index contributed by atoms with van der Waals surface area (Å²) in [5.41, 5.74) is 1.89. The first-order chi connectivity index (χ1) is 12.6. The molecule has 3 aromatic rings. The molecule has 0 amide bonds. The van der Waals surface area contributed by atoms with Gasteiger partial charge < -0.3 is 14.8 Å². The summed E-state index contributed by atoms with van der Waals surface area (Å²) in [4.78, 5) is 0. The molecule has 3 aromatic carbocycles. The summed E-state index contributed by atoms with van der Waals surface area (Å²) in [6.07, 6.45) is 0. The Morgan fingerprint density at radius 2 is 1.42 bits per heavy atom. The molecule has 0 radical (unpaired) electrons. The molecule has 0 aliphatic carbocycles. The highest BCUT2D eigenvalue weighted by Crippen LogP contribution is 2.39. The standard InChI is InChI=1S/C21H17Cl2NO2/c1-13-16(22)7-3-9-19(13)25-14-5-2-6-15(11-14)26-20-10-4-8-17(23)21(20)18-12-24-18/h2-11,18,24H,12H2,1H3/t18-/m1/s1. The van der Waals surface area contributed by atoms with Crippen molar-refractivity contribution in [1.29, 1.82) is 0 Å². The Balaban J connectivity index is 1.59. The molecule has 0 bridgehead atoms. The van der Waals surface area contributed by atoms with Crippen molar-refractivity contribution in [3.8, 4) is 23.0 Å². The predicted molar refractivity (Wildman–Crippen MR) is 105 cm³/mol. The molecule has 26 heavy (non-hydrogen) atoms. The van der Waals surface area contributed by atoms with Gasteiger partial charge in [0.25, 0.3) is 0 Å². The largest absolute Gasteiger partial charge is 0.457 e. The Hall–Kier alpha value is -2.20. The molecule has 1 fully saturated rings. The lowest BCUT2D eigenvalue weighted by Gasteiger charge is -2.13. The van der Waals surface area contributed by atoms with Gasteiger partial charge in [-0.05, 0) is 43.3 Å². The zero-order valence-corrected chi connectivity index (χ0v) is 15.6. The van der Waals surface area contributed by atoms with Gasteiger partial charge in [0.2, 0.25) is 0 Å². The molecule has 4 rings (SSSR count). The van der Waals surface area contributed by atoms with E-state index >= 15 is 0 Å². The maximum atomic E-state index is 6.34. The third kappa shape index (κ3) is 3.65. The van der Waals surface area contributed by atoms with Crippen molar-refractivity contribution in [2.45, 2.75) is 13.0 Å². The predicted octanol–water partition coefficient (Wildman–Crippen LogP) is 6.53. The van der Waals surface area contributed by atoms with Crippen molar-refractivity contribution in [2.24, 2.45) is 0 Å². The first-order valence-electron chi connectivity index (χ1n) is 8.34. The third-order valence-electron chi connectivity index (χ3n) is 4.25. The summed E-state index contributed by atoms with van der Waals surface area (Å²) in [7, 11) is 0. The lowest BCUT2D eigenvalue weighted by atomic mass is 10.1. The highest BCUT2D eigenvalue weighted by molar-refractivity contribution is 6.31. The van der Waals surface area contributed by atoms with Crippen molar-refractivity contribution in [2.75, 3.05) is 6.54 Å². The number of halogens is 2. The third-order valence-corrected chi connectivity index (χ3v) is 4.99. The van der Waals surface area contributed by atoms with Crippen LogP contribution in [0.25, 0.3) is 0 Å². The van der Waals surface area contributed by atoms with E-state index in [1.54, 1.807) is 0 Å². The van der Waals surface area contributed by atoms with Gasteiger partial charge in [0, 0.05) is 39.8 Å². The summed E-state index contributed by atoms with van der Waals surface area (Å²) in [5, 5.41) is 4.66. The fourth-order valence-electron chi connectivity index (χ4n) is 2.76. The van der Waals surface area contributed by atoms with E-state index in [1.807, 2.05) is 67.6 Å². The average molecular weight is 386 g/mol. The zero-order chi connectivity index (χ0) is 18.1. The molecule has 1 saturated heterocycles. The van der Waals surface area contributed by atoms with Crippen LogP contribution in [-0.4, -0.2) is 6.54 Å². The first kappa shape index (κ1) is 17.2. The van der Waals surface area contributed by atoms with Gasteiger partial charge in [0.05, 0.1) is 0 Å². The van der Waals surface area contributed by atoms with Gasteiger partial charge in [-0.25, -0.2) is 0 Å². The molecular formula is C21H17Cl2NO2. The van der Waals surface area contributed by atoms with Crippen molar-refractivity contribution in [3.05, 3.63) is 81.8 Å². The van der Waals surface area contributed by atoms with Crippen LogP contribution in [0.4, 0.5) is 0 Å². The number of ether oxygens (including phenoxy) is 2. The summed E-state index contributed by atoms with van der Waals surface area (Å²) < 4.78 is 12.1. The Labute approximate surface area is 162 Å². The molecule has 5 heteroatoms. The van der Waals surface area contributed by atoms with Crippen LogP contribution in [0, 0.1) is 6.92 Å². The van der Waals surface area contributed by atoms with Crippen LogP contribution in [0.3, 0.4) is 0 Å². The molecule has 0 unspecified atom stereocenters. The maximum absolute atomic E-state index is 6.34. The number of benzene rings is 3. The highest BCUT2D eigenvalue weighted by atomic mass is 35.5. The topological polar surface area (TPSA) is 40.4 Å². The molecule has 0 spiro atoms. The fourth-order valence-corrected chi connectivity index (χ4v) is 3.22. The SMILES string of the molecule is Cc1c(Cl)cccc1Oc1cccc(Oc2cccc(Cl)c2[C@H]2CN2)c1. The second kappa shape index (κ2) is 7.20. The number of hydrogen-bond acceptors (Lipinski definition) is 3. The van der Waals surface area contributed by atoms with E-state index in [2.05, 4.69) is 5.32 Å². The molecule has 1 heterocycles. The highest BCUT2D eigenvalue weighted by Gasteiger charge is 2.28. The first-order valence-corrected chi connectivity index (χ1v) is 9.10. The molecule has 132 valence electrons. The van der Waals surface area contributed by atoms with Crippen LogP contribution in [0.5, 0.6) is 23.0 Å². The van der Waals surface area contributed by atoms with Gasteiger partial charge in [-0.3, -0.25) is 0 Å². The summed E-state index contributed by atoms with van der Waals surface area (Å²) in [5.74, 6) is 2.84. The van der Waals surface area contributed by atoms with Gasteiger partial charge >= 0.3 is 0 Å². The Morgan fingerprint density at radius 1 is 0.846 bits per heavy atom. The van der Waals surface area contributed by atoms with E-state index in [-0.39, 0.29) is 6.04 Å². The lowest BCUT2D eigenvalue weighted by Crippen LogP contribution is -1.94. The van der Waals surface area contributed by atoms with E-state index in [4.69, 9.17) is 32.7 Å². The zero-order valence-electron chi connectivity index (χ0n) is 14.1. The molecular weight excluding hydrogens is 369 g/mol. The number of rotatable bonds is 5. The van der Waals surface area contributed by atoms with Crippen LogP contribution in [0.2, 0.25) is 10.0 Å². The molecule has 1 atom stereocenters. The minimum atomic E-state index is 0.257. The van der Waals surface area contributed by atoms with Crippen LogP contribution < -0.4 is 14.8 Å². The quantitative estimate of drug-likeness (QED) is 0.507. The van der Waals surface area contributed by atoms with Crippen LogP contribution in [-0.2, 0) is 0 Å². The van der Waals surface area contributed by atoms with Gasteiger partial charge in [-0.1, -0.05) is 41.4 Å². The lowest BCUT2D eigenvalue weighted by molar-refractivity contribution is 0.455. The van der Waals surface area contributed by atoms with Crippen molar-refractivity contribution < 1.29 is 9.47 Å². The summed E-state index contributed by atoms with van der Waals surface area (Å²) in [6.45, 7) is 2.84. The second-order valence-electron chi connectivity index (χ2n) is 6.15. The monoisotopic (exact) mass is 385 g/mol. The maximum Gasteiger partial charge on any atom is 0.133 e. The molecule has 3 nitrogen and oxygen atoms in total. The Morgan fingerprint density at radius 3 is 2.12 bits per heavy atom. The molecule has 0 saturated carbocycles. The van der Waals surface area contributed by atoms with Gasteiger partial charge in [0.15, 0.2) is 0 Å². The van der Waals surface area contributed by atoms with E-state index < -0.39 is 0 Å². The molecule has 0 aromatic heterocycles. The minimum absolute atomic E-state index is 0.257. The number of nitrogens with one attached hydrogen (secondary N) is 1. The van der Waals surface area contributed by atoms with Crippen LogP contribution >= 0.6 is 23.2 Å². The van der Waals surface area contributed by atoms with Crippen LogP contribution in [0.15, 0.2) is 60.7 Å². The van der Waals surface area contributed by atoms with Crippen molar-refractivity contribution >= 4 is 23.2 Å². The second-order valence-corrected chi connectivity index (χ2v) is 6.97. The van der Waals surface area contributed by atoms with Gasteiger partial charge in [-0.2, -0.15) is 0 Å². The molecule has 1 aliphatic heterocycles. The summed E-state index contributed by atoms with van der Waals surface area (Å²) >= 11 is 12.5. The summed E-state index contributed by atoms with van der Waals surface area (Å²) in [6, 6.07) is 19.1.